The van der Waals surface area contributed by atoms with Crippen LogP contribution in [0.1, 0.15) is 43.4 Å². The van der Waals surface area contributed by atoms with Crippen LogP contribution in [0.2, 0.25) is 0 Å². The molecule has 1 aliphatic heterocycles. The molecule has 8 nitrogen and oxygen atoms in total. The third-order valence-electron chi connectivity index (χ3n) is 6.10. The molecule has 0 N–H and O–H groups in total. The predicted octanol–water partition coefficient (Wildman–Crippen LogP) is 4.44. The van der Waals surface area contributed by atoms with E-state index in [1.165, 1.54) is 6.42 Å². The molecule has 2 aliphatic rings. The Bertz CT molecular complexity index is 1250. The van der Waals surface area contributed by atoms with Crippen LogP contribution in [0.4, 0.5) is 0 Å². The molecule has 0 amide bonds. The molecule has 0 radical (unpaired) electrons. The number of nitrogens with zero attached hydrogens (tertiary/aromatic N) is 5. The maximum Gasteiger partial charge on any atom is 0.258 e. The summed E-state index contributed by atoms with van der Waals surface area (Å²) in [6.45, 7) is 7.70. The van der Waals surface area contributed by atoms with Gasteiger partial charge in [0, 0.05) is 23.2 Å². The highest BCUT2D eigenvalue weighted by Crippen LogP contribution is 2.33. The van der Waals surface area contributed by atoms with E-state index in [2.05, 4.69) is 32.3 Å². The van der Waals surface area contributed by atoms with Crippen molar-refractivity contribution in [3.8, 4) is 34.7 Å². The van der Waals surface area contributed by atoms with Gasteiger partial charge in [0.25, 0.3) is 5.89 Å². The van der Waals surface area contributed by atoms with Crippen LogP contribution in [0.25, 0.3) is 22.8 Å². The van der Waals surface area contributed by atoms with Crippen molar-refractivity contribution in [2.75, 3.05) is 26.2 Å². The van der Waals surface area contributed by atoms with E-state index in [0.29, 0.717) is 35.2 Å². The van der Waals surface area contributed by atoms with Crippen molar-refractivity contribution in [3.05, 3.63) is 53.1 Å². The lowest BCUT2D eigenvalue weighted by Gasteiger charge is -2.29. The molecule has 5 rings (SSSR count). The topological polar surface area (TPSA) is 96.8 Å². The van der Waals surface area contributed by atoms with E-state index in [0.717, 1.165) is 54.9 Å². The van der Waals surface area contributed by atoms with Crippen LogP contribution in [0.3, 0.4) is 0 Å². The van der Waals surface area contributed by atoms with E-state index >= 15 is 0 Å². The standard InChI is InChI=1S/C26H27N5O3/c1-17(2)33-24-10-7-18(15-19(24)16-27)26-28-25(30-34-26)22-6-3-5-21-20(22)8-9-23(21)29-32-14-13-31-11-4-12-31/h3,5-7,10,15,17H,4,8-9,11-14H2,1-2H3. The van der Waals surface area contributed by atoms with E-state index < -0.39 is 0 Å². The van der Waals surface area contributed by atoms with Crippen LogP contribution in [0.5, 0.6) is 5.75 Å². The second-order valence-corrected chi connectivity index (χ2v) is 8.81. The number of likely N-dealkylation sites (tertiary alicyclic amines) is 1. The summed E-state index contributed by atoms with van der Waals surface area (Å²) < 4.78 is 11.3. The number of benzene rings is 2. The van der Waals surface area contributed by atoms with Gasteiger partial charge in [-0.05, 0) is 70.0 Å². The Hall–Kier alpha value is -3.70. The Morgan fingerprint density at radius 2 is 2.03 bits per heavy atom. The van der Waals surface area contributed by atoms with Crippen molar-refractivity contribution in [1.29, 1.82) is 5.26 Å². The molecule has 2 aromatic carbocycles. The lowest BCUT2D eigenvalue weighted by atomic mass is 10.0. The molecule has 0 bridgehead atoms. The van der Waals surface area contributed by atoms with E-state index in [1.807, 2.05) is 32.0 Å². The first-order valence-electron chi connectivity index (χ1n) is 11.7. The Morgan fingerprint density at radius 1 is 1.18 bits per heavy atom. The Labute approximate surface area is 198 Å². The third-order valence-corrected chi connectivity index (χ3v) is 6.10. The van der Waals surface area contributed by atoms with E-state index in [4.69, 9.17) is 14.1 Å². The maximum atomic E-state index is 9.52. The Morgan fingerprint density at radius 3 is 2.79 bits per heavy atom. The number of fused-ring (bicyclic) bond motifs is 1. The Balaban J connectivity index is 1.35. The molecule has 1 fully saturated rings. The van der Waals surface area contributed by atoms with Crippen molar-refractivity contribution in [1.82, 2.24) is 15.0 Å². The highest BCUT2D eigenvalue weighted by atomic mass is 16.6. The first-order valence-corrected chi connectivity index (χ1v) is 11.7. The van der Waals surface area contributed by atoms with Crippen molar-refractivity contribution in [2.45, 2.75) is 39.2 Å². The van der Waals surface area contributed by atoms with Crippen LogP contribution >= 0.6 is 0 Å². The quantitative estimate of drug-likeness (QED) is 0.364. The summed E-state index contributed by atoms with van der Waals surface area (Å²) >= 11 is 0. The predicted molar refractivity (Wildman–Crippen MR) is 128 cm³/mol. The smallest absolute Gasteiger partial charge is 0.258 e. The average molecular weight is 458 g/mol. The van der Waals surface area contributed by atoms with Gasteiger partial charge >= 0.3 is 0 Å². The minimum atomic E-state index is -0.0208. The van der Waals surface area contributed by atoms with Crippen molar-refractivity contribution < 1.29 is 14.1 Å². The van der Waals surface area contributed by atoms with Gasteiger partial charge in [0.1, 0.15) is 18.4 Å². The molecular weight excluding hydrogens is 430 g/mol. The second kappa shape index (κ2) is 9.65. The average Bonchev–Trinajstić information content (AvgIpc) is 3.45. The summed E-state index contributed by atoms with van der Waals surface area (Å²) in [7, 11) is 0. The number of oxime groups is 1. The van der Waals surface area contributed by atoms with Crippen LogP contribution in [-0.4, -0.2) is 53.1 Å². The van der Waals surface area contributed by atoms with Gasteiger partial charge in [-0.3, -0.25) is 4.90 Å². The first-order chi connectivity index (χ1) is 16.6. The monoisotopic (exact) mass is 457 g/mol. The number of rotatable bonds is 8. The fourth-order valence-corrected chi connectivity index (χ4v) is 4.26. The van der Waals surface area contributed by atoms with Crippen molar-refractivity contribution in [2.24, 2.45) is 5.16 Å². The molecule has 0 saturated carbocycles. The van der Waals surface area contributed by atoms with Crippen LogP contribution in [0.15, 0.2) is 46.1 Å². The highest BCUT2D eigenvalue weighted by Gasteiger charge is 2.24. The molecule has 2 heterocycles. The molecule has 3 aromatic rings. The summed E-state index contributed by atoms with van der Waals surface area (Å²) in [4.78, 5) is 12.6. The molecule has 1 aliphatic carbocycles. The van der Waals surface area contributed by atoms with Gasteiger partial charge in [0.05, 0.1) is 17.4 Å². The lowest BCUT2D eigenvalue weighted by molar-refractivity contribution is 0.0852. The van der Waals surface area contributed by atoms with Crippen molar-refractivity contribution >= 4 is 5.71 Å². The van der Waals surface area contributed by atoms with E-state index in [-0.39, 0.29) is 6.10 Å². The largest absolute Gasteiger partial charge is 0.490 e. The molecule has 34 heavy (non-hydrogen) atoms. The number of ether oxygens (including phenoxy) is 1. The summed E-state index contributed by atoms with van der Waals surface area (Å²) in [6, 6.07) is 13.5. The molecule has 0 unspecified atom stereocenters. The summed E-state index contributed by atoms with van der Waals surface area (Å²) in [5.74, 6) is 1.43. The summed E-state index contributed by atoms with van der Waals surface area (Å²) in [5, 5.41) is 18.2. The molecule has 174 valence electrons. The summed E-state index contributed by atoms with van der Waals surface area (Å²) in [6.07, 6.45) is 2.93. The minimum absolute atomic E-state index is 0.0208. The molecule has 1 aromatic heterocycles. The van der Waals surface area contributed by atoms with Gasteiger partial charge in [-0.2, -0.15) is 10.2 Å². The highest BCUT2D eigenvalue weighted by molar-refractivity contribution is 6.05. The van der Waals surface area contributed by atoms with Crippen LogP contribution in [0, 0.1) is 11.3 Å². The normalized spacial score (nSPS) is 16.4. The SMILES string of the molecule is CC(C)Oc1ccc(-c2nc(-c3cccc4c3CCC4=NOCCN3CCC3)no2)cc1C#N. The van der Waals surface area contributed by atoms with Gasteiger partial charge in [0.15, 0.2) is 0 Å². The lowest BCUT2D eigenvalue weighted by Crippen LogP contribution is -2.39. The zero-order chi connectivity index (χ0) is 23.5. The number of nitriles is 1. The number of aromatic nitrogens is 2. The second-order valence-electron chi connectivity index (χ2n) is 8.81. The van der Waals surface area contributed by atoms with Crippen LogP contribution in [-0.2, 0) is 11.3 Å². The number of hydrogen-bond acceptors (Lipinski definition) is 8. The van der Waals surface area contributed by atoms with Crippen molar-refractivity contribution in [3.63, 3.8) is 0 Å². The fourth-order valence-electron chi connectivity index (χ4n) is 4.26. The van der Waals surface area contributed by atoms with Gasteiger partial charge in [-0.25, -0.2) is 0 Å². The molecule has 0 atom stereocenters. The van der Waals surface area contributed by atoms with E-state index in [1.54, 1.807) is 12.1 Å². The third kappa shape index (κ3) is 4.52. The zero-order valence-electron chi connectivity index (χ0n) is 19.5. The van der Waals surface area contributed by atoms with E-state index in [9.17, 15) is 5.26 Å². The van der Waals surface area contributed by atoms with Crippen LogP contribution < -0.4 is 4.74 Å². The van der Waals surface area contributed by atoms with Gasteiger partial charge < -0.3 is 14.1 Å². The van der Waals surface area contributed by atoms with Gasteiger partial charge in [0.2, 0.25) is 5.82 Å². The first kappa shape index (κ1) is 22.1. The Kier molecular flexibility index (Phi) is 6.28. The van der Waals surface area contributed by atoms with Gasteiger partial charge in [-0.1, -0.05) is 28.5 Å². The fraction of sp³-hybridized carbons (Fsp3) is 0.385. The molecule has 1 saturated heterocycles. The summed E-state index contributed by atoms with van der Waals surface area (Å²) in [5.41, 5.74) is 5.23. The maximum absolute atomic E-state index is 9.52. The molecular formula is C26H27N5O3. The number of hydrogen-bond donors (Lipinski definition) is 0. The van der Waals surface area contributed by atoms with Gasteiger partial charge in [-0.15, -0.1) is 0 Å². The molecule has 0 spiro atoms. The molecule has 8 heteroatoms. The zero-order valence-corrected chi connectivity index (χ0v) is 19.5. The minimum Gasteiger partial charge on any atom is -0.490 e.